The number of aromatic nitrogens is 4. The van der Waals surface area contributed by atoms with Crippen molar-refractivity contribution < 1.29 is 18.0 Å². The van der Waals surface area contributed by atoms with Crippen LogP contribution in [0.15, 0.2) is 67.0 Å². The predicted octanol–water partition coefficient (Wildman–Crippen LogP) is 5.58. The Morgan fingerprint density at radius 2 is 1.84 bits per heavy atom. The van der Waals surface area contributed by atoms with Gasteiger partial charge in [-0.1, -0.05) is 41.9 Å². The number of hydrogen-bond acceptors (Lipinski definition) is 4. The summed E-state index contributed by atoms with van der Waals surface area (Å²) in [5.41, 5.74) is 3.47. The smallest absolute Gasteiger partial charge is 0.363 e. The van der Waals surface area contributed by atoms with E-state index in [0.29, 0.717) is 24.5 Å². The van der Waals surface area contributed by atoms with Crippen molar-refractivity contribution in [3.8, 4) is 5.69 Å². The third-order valence-corrected chi connectivity index (χ3v) is 7.16. The fourth-order valence-electron chi connectivity index (χ4n) is 5.01. The molecule has 0 spiro atoms. The number of rotatable bonds is 3. The molecule has 0 saturated heterocycles. The summed E-state index contributed by atoms with van der Waals surface area (Å²) in [6, 6.07) is 13.8. The van der Waals surface area contributed by atoms with Crippen molar-refractivity contribution in [3.63, 3.8) is 0 Å². The number of carbonyl (C=O) groups excluding carboxylic acids is 1. The highest BCUT2D eigenvalue weighted by molar-refractivity contribution is 6.30. The number of halogens is 4. The molecule has 0 radical (unpaired) electrons. The number of fused-ring (bicyclic) bond motifs is 2. The molecule has 1 amide bonds. The Kier molecular flexibility index (Phi) is 5.71. The van der Waals surface area contributed by atoms with Crippen molar-refractivity contribution >= 4 is 23.3 Å². The molecule has 2 atom stereocenters. The number of amides is 1. The molecule has 6 rings (SSSR count). The fraction of sp³-hybridized carbons (Fsp3) is 0.269. The minimum absolute atomic E-state index is 0.0927. The molecular formula is C26H22ClF3N6O. The van der Waals surface area contributed by atoms with E-state index in [1.807, 2.05) is 24.4 Å². The summed E-state index contributed by atoms with van der Waals surface area (Å²) < 4.78 is 44.7. The molecule has 11 heteroatoms. The maximum atomic E-state index is 14.0. The largest absolute Gasteiger partial charge is 0.410 e. The maximum Gasteiger partial charge on any atom is 0.410 e. The Morgan fingerprint density at radius 3 is 2.57 bits per heavy atom. The number of alkyl halides is 3. The number of carbonyl (C=O) groups is 1. The molecule has 0 saturated carbocycles. The Balaban J connectivity index is 1.28. The summed E-state index contributed by atoms with van der Waals surface area (Å²) in [5.74, 6) is -0.275. The third-order valence-electron chi connectivity index (χ3n) is 6.91. The minimum atomic E-state index is -4.51. The fourth-order valence-corrected chi connectivity index (χ4v) is 5.13. The van der Waals surface area contributed by atoms with Gasteiger partial charge in [0.1, 0.15) is 11.4 Å². The summed E-state index contributed by atoms with van der Waals surface area (Å²) >= 11 is 5.98. The molecule has 2 aromatic heterocycles. The topological polar surface area (TPSA) is 68.0 Å². The highest BCUT2D eigenvalue weighted by atomic mass is 35.5. The van der Waals surface area contributed by atoms with Gasteiger partial charge in [-0.25, -0.2) is 9.36 Å². The predicted molar refractivity (Wildman–Crippen MR) is 132 cm³/mol. The quantitative estimate of drug-likeness (QED) is 0.378. The van der Waals surface area contributed by atoms with E-state index >= 15 is 0 Å². The van der Waals surface area contributed by atoms with Crippen LogP contribution in [0.2, 0.25) is 5.02 Å². The molecule has 0 fully saturated rings. The molecule has 4 heterocycles. The lowest BCUT2D eigenvalue weighted by atomic mass is 9.96. The van der Waals surface area contributed by atoms with Crippen molar-refractivity contribution in [1.29, 1.82) is 0 Å². The molecule has 0 bridgehead atoms. The monoisotopic (exact) mass is 526 g/mol. The van der Waals surface area contributed by atoms with E-state index in [0.717, 1.165) is 27.2 Å². The van der Waals surface area contributed by atoms with Crippen LogP contribution in [0, 0.1) is 0 Å². The lowest BCUT2D eigenvalue weighted by molar-refractivity contribution is -0.173. The van der Waals surface area contributed by atoms with Crippen LogP contribution < -0.4 is 5.32 Å². The van der Waals surface area contributed by atoms with Gasteiger partial charge >= 0.3 is 6.18 Å². The summed E-state index contributed by atoms with van der Waals surface area (Å²) in [4.78, 5) is 15.2. The van der Waals surface area contributed by atoms with Crippen molar-refractivity contribution in [2.75, 3.05) is 11.9 Å². The van der Waals surface area contributed by atoms with E-state index in [1.165, 1.54) is 6.20 Å². The lowest BCUT2D eigenvalue weighted by Crippen LogP contribution is -2.38. The van der Waals surface area contributed by atoms with Crippen LogP contribution >= 0.6 is 11.6 Å². The summed E-state index contributed by atoms with van der Waals surface area (Å²) in [7, 11) is 0. The molecule has 2 aromatic carbocycles. The van der Waals surface area contributed by atoms with Crippen molar-refractivity contribution in [3.05, 3.63) is 94.4 Å². The van der Waals surface area contributed by atoms with Crippen LogP contribution in [0.3, 0.4) is 0 Å². The Morgan fingerprint density at radius 1 is 1.08 bits per heavy atom. The highest BCUT2D eigenvalue weighted by Crippen LogP contribution is 2.44. The van der Waals surface area contributed by atoms with Crippen molar-refractivity contribution in [2.24, 2.45) is 0 Å². The Bertz CT molecular complexity index is 1450. The van der Waals surface area contributed by atoms with Gasteiger partial charge in [-0.3, -0.25) is 4.79 Å². The van der Waals surface area contributed by atoms with E-state index in [2.05, 4.69) is 15.5 Å². The molecule has 190 valence electrons. The molecule has 4 aromatic rings. The first-order chi connectivity index (χ1) is 17.8. The summed E-state index contributed by atoms with van der Waals surface area (Å²) in [5, 5.41) is 12.4. The number of nitrogens with one attached hydrogen (secondary N) is 1. The van der Waals surface area contributed by atoms with Gasteiger partial charge in [0, 0.05) is 42.7 Å². The standard InChI is InChI=1S/C26H22ClF3N6O/c27-18-6-8-19(9-7-18)35-15-17-14-34(11-10-21(17)33-35)25(37)20-13-31-36-23(26(28,29)30)12-22(32-24(20)36)16-4-2-1-3-5-16/h1-9,13,15,22-23,32H,10-12,14H2. The second-order valence-electron chi connectivity index (χ2n) is 9.25. The van der Waals surface area contributed by atoms with Crippen LogP contribution in [0.1, 0.15) is 45.7 Å². The van der Waals surface area contributed by atoms with Crippen LogP contribution in [0.5, 0.6) is 0 Å². The van der Waals surface area contributed by atoms with Gasteiger partial charge in [0.25, 0.3) is 5.91 Å². The summed E-state index contributed by atoms with van der Waals surface area (Å²) in [6.07, 6.45) is -1.08. The maximum absolute atomic E-state index is 14.0. The van der Waals surface area contributed by atoms with Crippen LogP contribution in [-0.4, -0.2) is 43.1 Å². The molecule has 0 aliphatic carbocycles. The number of benzene rings is 2. The second-order valence-corrected chi connectivity index (χ2v) is 9.69. The van der Waals surface area contributed by atoms with E-state index < -0.39 is 18.3 Å². The third kappa shape index (κ3) is 4.35. The molecule has 1 N–H and O–H groups in total. The van der Waals surface area contributed by atoms with E-state index in [-0.39, 0.29) is 23.7 Å². The van der Waals surface area contributed by atoms with Gasteiger partial charge in [0.05, 0.1) is 23.6 Å². The van der Waals surface area contributed by atoms with Gasteiger partial charge in [-0.2, -0.15) is 23.4 Å². The second kappa shape index (κ2) is 8.95. The Labute approximate surface area is 215 Å². The van der Waals surface area contributed by atoms with Gasteiger partial charge in [-0.05, 0) is 29.8 Å². The average Bonchev–Trinajstić information content (AvgIpc) is 3.52. The van der Waals surface area contributed by atoms with Crippen molar-refractivity contribution in [2.45, 2.75) is 37.6 Å². The molecule has 7 nitrogen and oxygen atoms in total. The Hall–Kier alpha value is -3.79. The van der Waals surface area contributed by atoms with Gasteiger partial charge < -0.3 is 10.2 Å². The van der Waals surface area contributed by atoms with Gasteiger partial charge in [-0.15, -0.1) is 0 Å². The summed E-state index contributed by atoms with van der Waals surface area (Å²) in [6.45, 7) is 0.704. The van der Waals surface area contributed by atoms with E-state index in [1.54, 1.807) is 46.0 Å². The number of hydrogen-bond donors (Lipinski definition) is 1. The van der Waals surface area contributed by atoms with Gasteiger partial charge in [0.15, 0.2) is 6.04 Å². The molecule has 37 heavy (non-hydrogen) atoms. The van der Waals surface area contributed by atoms with Crippen LogP contribution in [0.25, 0.3) is 5.69 Å². The van der Waals surface area contributed by atoms with Gasteiger partial charge in [0.2, 0.25) is 0 Å². The van der Waals surface area contributed by atoms with E-state index in [4.69, 9.17) is 11.6 Å². The first-order valence-corrected chi connectivity index (χ1v) is 12.2. The lowest BCUT2D eigenvalue weighted by Gasteiger charge is -2.34. The highest BCUT2D eigenvalue weighted by Gasteiger charge is 2.47. The molecule has 2 unspecified atom stereocenters. The zero-order valence-corrected chi connectivity index (χ0v) is 20.2. The first kappa shape index (κ1) is 23.6. The average molecular weight is 527 g/mol. The molecular weight excluding hydrogens is 505 g/mol. The van der Waals surface area contributed by atoms with Crippen LogP contribution in [0.4, 0.5) is 19.0 Å². The van der Waals surface area contributed by atoms with Crippen molar-refractivity contribution in [1.82, 2.24) is 24.5 Å². The number of nitrogens with zero attached hydrogens (tertiary/aromatic N) is 5. The zero-order chi connectivity index (χ0) is 25.7. The minimum Gasteiger partial charge on any atom is -0.363 e. The number of anilines is 1. The zero-order valence-electron chi connectivity index (χ0n) is 19.5. The first-order valence-electron chi connectivity index (χ1n) is 11.9. The normalized spacial score (nSPS) is 19.2. The molecule has 2 aliphatic rings. The van der Waals surface area contributed by atoms with E-state index in [9.17, 15) is 18.0 Å². The SMILES string of the molecule is O=C(c1cnn2c1NC(c1ccccc1)CC2C(F)(F)F)N1CCc2nn(-c3ccc(Cl)cc3)cc2C1. The molecule has 2 aliphatic heterocycles. The van der Waals surface area contributed by atoms with Crippen LogP contribution in [-0.2, 0) is 13.0 Å².